The molecule has 0 aliphatic heterocycles. The molecule has 0 aliphatic rings. The largest absolute Gasteiger partial charge is 0.494 e. The summed E-state index contributed by atoms with van der Waals surface area (Å²) in [5.74, 6) is -0.177. The zero-order chi connectivity index (χ0) is 12.0. The van der Waals surface area contributed by atoms with Gasteiger partial charge in [-0.1, -0.05) is 19.4 Å². The minimum absolute atomic E-state index is 0.361. The monoisotopic (exact) mass is 222 g/mol. The molecule has 1 aromatic rings. The third-order valence-electron chi connectivity index (χ3n) is 2.44. The Morgan fingerprint density at radius 2 is 2.12 bits per heavy atom. The molecule has 0 aliphatic carbocycles. The second-order valence-electron chi connectivity index (χ2n) is 3.62. The van der Waals surface area contributed by atoms with E-state index in [1.807, 2.05) is 13.0 Å². The summed E-state index contributed by atoms with van der Waals surface area (Å²) in [5, 5.41) is 9.10. The lowest BCUT2D eigenvalue weighted by Gasteiger charge is -2.12. The van der Waals surface area contributed by atoms with Crippen molar-refractivity contribution in [2.75, 3.05) is 6.61 Å². The highest BCUT2D eigenvalue weighted by molar-refractivity contribution is 5.90. The van der Waals surface area contributed by atoms with Crippen LogP contribution in [-0.4, -0.2) is 17.7 Å². The van der Waals surface area contributed by atoms with Crippen LogP contribution >= 0.6 is 0 Å². The SMILES string of the molecule is CCCCc1c(OCC)cccc1C(=O)O. The number of hydrogen-bond donors (Lipinski definition) is 1. The van der Waals surface area contributed by atoms with Crippen LogP contribution in [0.4, 0.5) is 0 Å². The zero-order valence-electron chi connectivity index (χ0n) is 9.82. The first-order valence-corrected chi connectivity index (χ1v) is 5.68. The Balaban J connectivity index is 3.07. The van der Waals surface area contributed by atoms with Gasteiger partial charge in [-0.25, -0.2) is 4.79 Å². The van der Waals surface area contributed by atoms with E-state index in [0.717, 1.165) is 24.8 Å². The van der Waals surface area contributed by atoms with Crippen LogP contribution in [0.2, 0.25) is 0 Å². The summed E-state index contributed by atoms with van der Waals surface area (Å²) in [5.41, 5.74) is 1.18. The molecule has 0 bridgehead atoms. The average Bonchev–Trinajstić information content (AvgIpc) is 2.27. The van der Waals surface area contributed by atoms with Gasteiger partial charge in [0.05, 0.1) is 12.2 Å². The van der Waals surface area contributed by atoms with E-state index in [1.165, 1.54) is 0 Å². The third-order valence-corrected chi connectivity index (χ3v) is 2.44. The van der Waals surface area contributed by atoms with Crippen molar-refractivity contribution in [1.82, 2.24) is 0 Å². The Labute approximate surface area is 96.1 Å². The van der Waals surface area contributed by atoms with Crippen molar-refractivity contribution in [3.8, 4) is 5.75 Å². The lowest BCUT2D eigenvalue weighted by atomic mass is 10.0. The van der Waals surface area contributed by atoms with Crippen molar-refractivity contribution in [2.45, 2.75) is 33.1 Å². The molecule has 3 heteroatoms. The number of benzene rings is 1. The molecule has 0 atom stereocenters. The molecule has 1 N–H and O–H groups in total. The molecular formula is C13H18O3. The van der Waals surface area contributed by atoms with Crippen molar-refractivity contribution < 1.29 is 14.6 Å². The summed E-state index contributed by atoms with van der Waals surface area (Å²) < 4.78 is 5.46. The van der Waals surface area contributed by atoms with Crippen molar-refractivity contribution in [3.63, 3.8) is 0 Å². The molecule has 0 radical (unpaired) electrons. The van der Waals surface area contributed by atoms with Gasteiger partial charge in [-0.2, -0.15) is 0 Å². The van der Waals surface area contributed by atoms with E-state index in [0.29, 0.717) is 17.9 Å². The molecule has 0 unspecified atom stereocenters. The number of rotatable bonds is 6. The van der Waals surface area contributed by atoms with Crippen molar-refractivity contribution in [1.29, 1.82) is 0 Å². The molecule has 0 amide bonds. The van der Waals surface area contributed by atoms with E-state index in [-0.39, 0.29) is 0 Å². The maximum atomic E-state index is 11.1. The Bertz CT molecular complexity index is 358. The lowest BCUT2D eigenvalue weighted by molar-refractivity contribution is 0.0695. The number of carbonyl (C=O) groups is 1. The number of unbranched alkanes of at least 4 members (excludes halogenated alkanes) is 1. The highest BCUT2D eigenvalue weighted by Gasteiger charge is 2.13. The first-order chi connectivity index (χ1) is 7.70. The van der Waals surface area contributed by atoms with Gasteiger partial charge >= 0.3 is 5.97 Å². The summed E-state index contributed by atoms with van der Waals surface area (Å²) in [6.45, 7) is 4.54. The van der Waals surface area contributed by atoms with Gasteiger partial charge in [-0.3, -0.25) is 0 Å². The summed E-state index contributed by atoms with van der Waals surface area (Å²) in [7, 11) is 0. The summed E-state index contributed by atoms with van der Waals surface area (Å²) in [4.78, 5) is 11.1. The average molecular weight is 222 g/mol. The number of carboxylic acid groups (broad SMARTS) is 1. The van der Waals surface area contributed by atoms with Crippen LogP contribution in [0.3, 0.4) is 0 Å². The molecule has 16 heavy (non-hydrogen) atoms. The highest BCUT2D eigenvalue weighted by atomic mass is 16.5. The molecule has 0 aromatic heterocycles. The van der Waals surface area contributed by atoms with Gasteiger partial charge in [0.2, 0.25) is 0 Å². The molecule has 1 aromatic carbocycles. The fourth-order valence-corrected chi connectivity index (χ4v) is 1.67. The Morgan fingerprint density at radius 1 is 1.38 bits per heavy atom. The Kier molecular flexibility index (Phi) is 4.83. The number of aromatic carboxylic acids is 1. The molecule has 88 valence electrons. The lowest BCUT2D eigenvalue weighted by Crippen LogP contribution is -2.06. The molecule has 0 spiro atoms. The molecular weight excluding hydrogens is 204 g/mol. The number of carboxylic acids is 1. The first-order valence-electron chi connectivity index (χ1n) is 5.68. The van der Waals surface area contributed by atoms with Crippen LogP contribution in [0.15, 0.2) is 18.2 Å². The van der Waals surface area contributed by atoms with Gasteiger partial charge in [-0.05, 0) is 31.9 Å². The van der Waals surface area contributed by atoms with Gasteiger partial charge in [0.15, 0.2) is 0 Å². The van der Waals surface area contributed by atoms with E-state index < -0.39 is 5.97 Å². The molecule has 3 nitrogen and oxygen atoms in total. The van der Waals surface area contributed by atoms with Gasteiger partial charge in [0.1, 0.15) is 5.75 Å². The standard InChI is InChI=1S/C13H18O3/c1-3-5-7-10-11(13(14)15)8-6-9-12(10)16-4-2/h6,8-9H,3-5,7H2,1-2H3,(H,14,15). The number of ether oxygens (including phenoxy) is 1. The van der Waals surface area contributed by atoms with Crippen LogP contribution < -0.4 is 4.74 Å². The van der Waals surface area contributed by atoms with Crippen LogP contribution in [0.25, 0.3) is 0 Å². The van der Waals surface area contributed by atoms with Gasteiger partial charge in [0, 0.05) is 5.56 Å². The maximum absolute atomic E-state index is 11.1. The minimum Gasteiger partial charge on any atom is -0.494 e. The highest BCUT2D eigenvalue weighted by Crippen LogP contribution is 2.24. The van der Waals surface area contributed by atoms with E-state index in [9.17, 15) is 4.79 Å². The number of hydrogen-bond acceptors (Lipinski definition) is 2. The van der Waals surface area contributed by atoms with Gasteiger partial charge in [-0.15, -0.1) is 0 Å². The minimum atomic E-state index is -0.882. The summed E-state index contributed by atoms with van der Waals surface area (Å²) >= 11 is 0. The third kappa shape index (κ3) is 2.99. The van der Waals surface area contributed by atoms with Crippen molar-refractivity contribution >= 4 is 5.97 Å². The van der Waals surface area contributed by atoms with E-state index in [2.05, 4.69) is 6.92 Å². The second kappa shape index (κ2) is 6.16. The van der Waals surface area contributed by atoms with Crippen molar-refractivity contribution in [2.24, 2.45) is 0 Å². The normalized spacial score (nSPS) is 10.1. The molecule has 0 fully saturated rings. The molecule has 0 heterocycles. The van der Waals surface area contributed by atoms with E-state index in [4.69, 9.17) is 9.84 Å². The second-order valence-corrected chi connectivity index (χ2v) is 3.62. The molecule has 0 saturated carbocycles. The fraction of sp³-hybridized carbons (Fsp3) is 0.462. The quantitative estimate of drug-likeness (QED) is 0.804. The Hall–Kier alpha value is -1.51. The van der Waals surface area contributed by atoms with Crippen LogP contribution in [0, 0.1) is 0 Å². The van der Waals surface area contributed by atoms with Crippen molar-refractivity contribution in [3.05, 3.63) is 29.3 Å². The zero-order valence-corrected chi connectivity index (χ0v) is 9.82. The van der Waals surface area contributed by atoms with E-state index in [1.54, 1.807) is 12.1 Å². The molecule has 1 rings (SSSR count). The van der Waals surface area contributed by atoms with Crippen LogP contribution in [-0.2, 0) is 6.42 Å². The first kappa shape index (κ1) is 12.6. The predicted molar refractivity (Wildman–Crippen MR) is 63.2 cm³/mol. The topological polar surface area (TPSA) is 46.5 Å². The van der Waals surface area contributed by atoms with E-state index >= 15 is 0 Å². The summed E-state index contributed by atoms with van der Waals surface area (Å²) in [6, 6.07) is 5.20. The van der Waals surface area contributed by atoms with Crippen LogP contribution in [0.1, 0.15) is 42.6 Å². The predicted octanol–water partition coefficient (Wildman–Crippen LogP) is 3.13. The van der Waals surface area contributed by atoms with Gasteiger partial charge in [0.25, 0.3) is 0 Å². The summed E-state index contributed by atoms with van der Waals surface area (Å²) in [6.07, 6.45) is 2.78. The smallest absolute Gasteiger partial charge is 0.336 e. The molecule has 0 saturated heterocycles. The van der Waals surface area contributed by atoms with Gasteiger partial charge < -0.3 is 9.84 Å². The van der Waals surface area contributed by atoms with Crippen LogP contribution in [0.5, 0.6) is 5.75 Å². The maximum Gasteiger partial charge on any atom is 0.336 e. The Morgan fingerprint density at radius 3 is 2.69 bits per heavy atom. The fourth-order valence-electron chi connectivity index (χ4n) is 1.67.